The Morgan fingerprint density at radius 2 is 1.53 bits per heavy atom. The zero-order valence-electron chi connectivity index (χ0n) is 17.4. The summed E-state index contributed by atoms with van der Waals surface area (Å²) in [5, 5.41) is 4.25. The van der Waals surface area contributed by atoms with Crippen molar-refractivity contribution in [1.82, 2.24) is 5.32 Å². The molecule has 0 aliphatic rings. The fourth-order valence-corrected chi connectivity index (χ4v) is 3.16. The summed E-state index contributed by atoms with van der Waals surface area (Å²) in [5.41, 5.74) is 2.27. The lowest BCUT2D eigenvalue weighted by Crippen LogP contribution is -2.34. The molecule has 3 rings (SSSR count). The third-order valence-electron chi connectivity index (χ3n) is 4.85. The van der Waals surface area contributed by atoms with E-state index >= 15 is 0 Å². The van der Waals surface area contributed by atoms with Crippen LogP contribution in [0.25, 0.3) is 10.8 Å². The number of nitrogens with one attached hydrogen (secondary N) is 1. The molecule has 0 radical (unpaired) electrons. The van der Waals surface area contributed by atoms with Crippen molar-refractivity contribution in [3.8, 4) is 0 Å². The van der Waals surface area contributed by atoms with Crippen LogP contribution < -0.4 is 5.32 Å². The van der Waals surface area contributed by atoms with Crippen LogP contribution in [0.3, 0.4) is 0 Å². The van der Waals surface area contributed by atoms with E-state index in [-0.39, 0.29) is 11.8 Å². The summed E-state index contributed by atoms with van der Waals surface area (Å²) in [6, 6.07) is 20.5. The molecule has 1 N–H and O–H groups in total. The molecule has 0 bridgehead atoms. The molecule has 0 aromatic heterocycles. The first-order valence-corrected chi connectivity index (χ1v) is 9.81. The molecule has 0 unspecified atom stereocenters. The molecule has 2 amide bonds. The smallest absolute Gasteiger partial charge is 0.310 e. The van der Waals surface area contributed by atoms with E-state index in [0.717, 1.165) is 21.9 Å². The van der Waals surface area contributed by atoms with E-state index in [1.807, 2.05) is 54.6 Å². The maximum absolute atomic E-state index is 12.2. The molecule has 0 spiro atoms. The standard InChI is InChI=1S/C25H25NO4/c1-25(2,3)20-13-11-18(12-14-20)24(29)26-22(27)16-30-23(28)15-19-9-6-8-17-7-4-5-10-21(17)19/h4-14H,15-16H2,1-3H3,(H,26,27,29). The molecule has 0 aliphatic heterocycles. The minimum Gasteiger partial charge on any atom is -0.455 e. The Bertz CT molecular complexity index is 1070. The van der Waals surface area contributed by atoms with Crippen LogP contribution in [0, 0.1) is 0 Å². The van der Waals surface area contributed by atoms with Gasteiger partial charge in [-0.1, -0.05) is 75.4 Å². The van der Waals surface area contributed by atoms with Gasteiger partial charge in [-0.05, 0) is 39.4 Å². The quantitative estimate of drug-likeness (QED) is 0.649. The van der Waals surface area contributed by atoms with Gasteiger partial charge in [-0.3, -0.25) is 19.7 Å². The van der Waals surface area contributed by atoms with Gasteiger partial charge in [0.15, 0.2) is 6.61 Å². The number of hydrogen-bond acceptors (Lipinski definition) is 4. The molecule has 30 heavy (non-hydrogen) atoms. The monoisotopic (exact) mass is 403 g/mol. The Hall–Kier alpha value is -3.47. The van der Waals surface area contributed by atoms with Gasteiger partial charge in [0, 0.05) is 5.56 Å². The number of hydrogen-bond donors (Lipinski definition) is 1. The highest BCUT2D eigenvalue weighted by atomic mass is 16.5. The number of ether oxygens (including phenoxy) is 1. The van der Waals surface area contributed by atoms with Crippen molar-refractivity contribution in [3.63, 3.8) is 0 Å². The number of amides is 2. The number of carbonyl (C=O) groups is 3. The molecule has 0 atom stereocenters. The highest BCUT2D eigenvalue weighted by molar-refractivity contribution is 6.05. The molecule has 154 valence electrons. The predicted octanol–water partition coefficient (Wildman–Crippen LogP) is 4.18. The number of esters is 1. The number of fused-ring (bicyclic) bond motifs is 1. The van der Waals surface area contributed by atoms with Gasteiger partial charge in [0.1, 0.15) is 0 Å². The third kappa shape index (κ3) is 5.32. The third-order valence-corrected chi connectivity index (χ3v) is 4.85. The molecule has 5 heteroatoms. The summed E-state index contributed by atoms with van der Waals surface area (Å²) < 4.78 is 5.05. The largest absolute Gasteiger partial charge is 0.455 e. The Kier molecular flexibility index (Phi) is 6.31. The van der Waals surface area contributed by atoms with Crippen LogP contribution in [0.5, 0.6) is 0 Å². The van der Waals surface area contributed by atoms with Crippen LogP contribution in [0.4, 0.5) is 0 Å². The van der Waals surface area contributed by atoms with Gasteiger partial charge in [0.05, 0.1) is 6.42 Å². The van der Waals surface area contributed by atoms with E-state index in [1.54, 1.807) is 12.1 Å². The molecular weight excluding hydrogens is 378 g/mol. The van der Waals surface area contributed by atoms with Crippen LogP contribution >= 0.6 is 0 Å². The maximum atomic E-state index is 12.2. The molecule has 0 saturated heterocycles. The second kappa shape index (κ2) is 8.91. The van der Waals surface area contributed by atoms with Crippen molar-refractivity contribution in [3.05, 3.63) is 83.4 Å². The molecule has 5 nitrogen and oxygen atoms in total. The molecule has 0 fully saturated rings. The normalized spacial score (nSPS) is 11.2. The van der Waals surface area contributed by atoms with E-state index in [9.17, 15) is 14.4 Å². The fourth-order valence-electron chi connectivity index (χ4n) is 3.16. The lowest BCUT2D eigenvalue weighted by Gasteiger charge is -2.19. The van der Waals surface area contributed by atoms with Gasteiger partial charge >= 0.3 is 5.97 Å². The first-order valence-electron chi connectivity index (χ1n) is 9.81. The van der Waals surface area contributed by atoms with Crippen LogP contribution in [0.2, 0.25) is 0 Å². The number of benzene rings is 3. The maximum Gasteiger partial charge on any atom is 0.310 e. The first kappa shape index (κ1) is 21.2. The summed E-state index contributed by atoms with van der Waals surface area (Å²) in [6.45, 7) is 5.74. The SMILES string of the molecule is CC(C)(C)c1ccc(C(=O)NC(=O)COC(=O)Cc2cccc3ccccc23)cc1. The Balaban J connectivity index is 1.52. The zero-order chi connectivity index (χ0) is 21.7. The predicted molar refractivity (Wildman–Crippen MR) is 116 cm³/mol. The van der Waals surface area contributed by atoms with Gasteiger partial charge in [-0.2, -0.15) is 0 Å². The molecule has 0 heterocycles. The first-order chi connectivity index (χ1) is 14.2. The molecule has 0 aliphatic carbocycles. The lowest BCUT2D eigenvalue weighted by molar-refractivity contribution is -0.147. The van der Waals surface area contributed by atoms with Crippen LogP contribution in [-0.2, 0) is 26.2 Å². The van der Waals surface area contributed by atoms with E-state index in [0.29, 0.717) is 5.56 Å². The van der Waals surface area contributed by atoms with Gasteiger partial charge in [-0.25, -0.2) is 0 Å². The Morgan fingerprint density at radius 1 is 0.867 bits per heavy atom. The lowest BCUT2D eigenvalue weighted by atomic mass is 9.87. The van der Waals surface area contributed by atoms with Gasteiger partial charge in [0.25, 0.3) is 11.8 Å². The van der Waals surface area contributed by atoms with Gasteiger partial charge in [-0.15, -0.1) is 0 Å². The summed E-state index contributed by atoms with van der Waals surface area (Å²) in [4.78, 5) is 36.4. The number of rotatable bonds is 5. The molecule has 3 aromatic carbocycles. The Morgan fingerprint density at radius 3 is 2.23 bits per heavy atom. The van der Waals surface area contributed by atoms with Crippen molar-refractivity contribution < 1.29 is 19.1 Å². The van der Waals surface area contributed by atoms with E-state index in [2.05, 4.69) is 26.1 Å². The molecule has 0 saturated carbocycles. The van der Waals surface area contributed by atoms with Crippen molar-refractivity contribution in [2.75, 3.05) is 6.61 Å². The van der Waals surface area contributed by atoms with Crippen molar-refractivity contribution >= 4 is 28.6 Å². The van der Waals surface area contributed by atoms with Crippen molar-refractivity contribution in [1.29, 1.82) is 0 Å². The number of imide groups is 1. The minimum atomic E-state index is -0.661. The van der Waals surface area contributed by atoms with Crippen LogP contribution in [-0.4, -0.2) is 24.4 Å². The average molecular weight is 403 g/mol. The molecular formula is C25H25NO4. The Labute approximate surface area is 176 Å². The highest BCUT2D eigenvalue weighted by Crippen LogP contribution is 2.22. The molecule has 3 aromatic rings. The van der Waals surface area contributed by atoms with E-state index in [1.165, 1.54) is 0 Å². The summed E-state index contributed by atoms with van der Waals surface area (Å²) in [7, 11) is 0. The second-order valence-corrected chi connectivity index (χ2v) is 8.18. The summed E-state index contributed by atoms with van der Waals surface area (Å²) >= 11 is 0. The van der Waals surface area contributed by atoms with Crippen molar-refractivity contribution in [2.45, 2.75) is 32.6 Å². The van der Waals surface area contributed by atoms with E-state index in [4.69, 9.17) is 4.74 Å². The highest BCUT2D eigenvalue weighted by Gasteiger charge is 2.16. The second-order valence-electron chi connectivity index (χ2n) is 8.18. The van der Waals surface area contributed by atoms with Crippen molar-refractivity contribution in [2.24, 2.45) is 0 Å². The van der Waals surface area contributed by atoms with Gasteiger partial charge < -0.3 is 4.74 Å². The topological polar surface area (TPSA) is 72.5 Å². The summed E-state index contributed by atoms with van der Waals surface area (Å²) in [5.74, 6) is -1.71. The number of carbonyl (C=O) groups excluding carboxylic acids is 3. The van der Waals surface area contributed by atoms with Gasteiger partial charge in [0.2, 0.25) is 0 Å². The van der Waals surface area contributed by atoms with E-state index < -0.39 is 24.4 Å². The average Bonchev–Trinajstić information content (AvgIpc) is 2.72. The summed E-state index contributed by atoms with van der Waals surface area (Å²) in [6.07, 6.45) is 0.0524. The van der Waals surface area contributed by atoms with Crippen LogP contribution in [0.15, 0.2) is 66.7 Å². The minimum absolute atomic E-state index is 0.0247. The fraction of sp³-hybridized carbons (Fsp3) is 0.240. The zero-order valence-corrected chi connectivity index (χ0v) is 17.4. The van der Waals surface area contributed by atoms with Crippen LogP contribution in [0.1, 0.15) is 42.3 Å².